The highest BCUT2D eigenvalue weighted by molar-refractivity contribution is 5.74. The maximum Gasteiger partial charge on any atom is 0.320 e. The second-order valence-electron chi connectivity index (χ2n) is 3.64. The molecule has 0 bridgehead atoms. The van der Waals surface area contributed by atoms with Gasteiger partial charge in [-0.3, -0.25) is 4.79 Å². The van der Waals surface area contributed by atoms with E-state index < -0.39 is 12.0 Å². The van der Waals surface area contributed by atoms with Crippen molar-refractivity contribution in [1.82, 2.24) is 4.98 Å². The highest BCUT2D eigenvalue weighted by atomic mass is 16.4. The maximum absolute atomic E-state index is 10.7. The predicted octanol–water partition coefficient (Wildman–Crippen LogP) is 1.30. The van der Waals surface area contributed by atoms with E-state index in [0.29, 0.717) is 5.89 Å². The van der Waals surface area contributed by atoms with E-state index in [4.69, 9.17) is 15.3 Å². The monoisotopic (exact) mass is 232 g/mol. The Balaban J connectivity index is 2.32. The van der Waals surface area contributed by atoms with Crippen LogP contribution in [0.25, 0.3) is 11.5 Å². The quantitative estimate of drug-likeness (QED) is 0.829. The van der Waals surface area contributed by atoms with Gasteiger partial charge in [-0.15, -0.1) is 0 Å². The Hall–Kier alpha value is -2.14. The van der Waals surface area contributed by atoms with Gasteiger partial charge in [-0.1, -0.05) is 18.2 Å². The van der Waals surface area contributed by atoms with Crippen molar-refractivity contribution in [3.05, 3.63) is 42.3 Å². The lowest BCUT2D eigenvalue weighted by Gasteiger charge is -2.09. The highest BCUT2D eigenvalue weighted by Crippen LogP contribution is 2.22. The van der Waals surface area contributed by atoms with E-state index in [2.05, 4.69) is 4.98 Å². The van der Waals surface area contributed by atoms with Crippen molar-refractivity contribution in [3.63, 3.8) is 0 Å². The Morgan fingerprint density at radius 3 is 2.88 bits per heavy atom. The molecular weight excluding hydrogens is 220 g/mol. The first-order chi connectivity index (χ1) is 8.18. The molecule has 1 unspecified atom stereocenters. The summed E-state index contributed by atoms with van der Waals surface area (Å²) in [5.41, 5.74) is 7.10. The number of carboxylic acid groups (broad SMARTS) is 1. The summed E-state index contributed by atoms with van der Waals surface area (Å²) in [7, 11) is 0. The Bertz CT molecular complexity index is 508. The first-order valence-electron chi connectivity index (χ1n) is 5.14. The molecule has 3 N–H and O–H groups in total. The van der Waals surface area contributed by atoms with Gasteiger partial charge in [-0.05, 0) is 18.1 Å². The van der Waals surface area contributed by atoms with E-state index >= 15 is 0 Å². The van der Waals surface area contributed by atoms with Crippen LogP contribution in [0.2, 0.25) is 0 Å². The van der Waals surface area contributed by atoms with E-state index in [1.165, 1.54) is 6.26 Å². The average molecular weight is 232 g/mol. The Morgan fingerprint density at radius 1 is 1.47 bits per heavy atom. The van der Waals surface area contributed by atoms with Gasteiger partial charge in [-0.2, -0.15) is 0 Å². The third kappa shape index (κ3) is 2.51. The fraction of sp³-hybridized carbons (Fsp3) is 0.167. The van der Waals surface area contributed by atoms with Gasteiger partial charge in [0.2, 0.25) is 5.89 Å². The molecule has 1 heterocycles. The second kappa shape index (κ2) is 4.80. The minimum atomic E-state index is -1.02. The van der Waals surface area contributed by atoms with Gasteiger partial charge in [0.1, 0.15) is 12.3 Å². The van der Waals surface area contributed by atoms with Crippen molar-refractivity contribution in [1.29, 1.82) is 0 Å². The third-order valence-electron chi connectivity index (χ3n) is 2.44. The van der Waals surface area contributed by atoms with Crippen LogP contribution < -0.4 is 5.73 Å². The lowest BCUT2D eigenvalue weighted by Crippen LogP contribution is -2.32. The number of nitrogens with two attached hydrogens (primary N) is 1. The Labute approximate surface area is 97.9 Å². The van der Waals surface area contributed by atoms with Gasteiger partial charge in [0, 0.05) is 5.56 Å². The Kier molecular flexibility index (Phi) is 3.20. The standard InChI is InChI=1S/C12H12N2O3/c13-10(12(15)16)7-8-3-1-2-4-9(8)11-14-5-6-17-11/h1-6,10H,7,13H2,(H,15,16). The molecular formula is C12H12N2O3. The lowest BCUT2D eigenvalue weighted by atomic mass is 10.0. The van der Waals surface area contributed by atoms with Crippen molar-refractivity contribution in [3.8, 4) is 11.5 Å². The van der Waals surface area contributed by atoms with Crippen LogP contribution in [0, 0.1) is 0 Å². The number of carboxylic acids is 1. The lowest BCUT2D eigenvalue weighted by molar-refractivity contribution is -0.138. The number of nitrogens with zero attached hydrogens (tertiary/aromatic N) is 1. The van der Waals surface area contributed by atoms with Gasteiger partial charge in [0.05, 0.1) is 6.20 Å². The average Bonchev–Trinajstić information content (AvgIpc) is 2.83. The van der Waals surface area contributed by atoms with E-state index in [0.717, 1.165) is 11.1 Å². The van der Waals surface area contributed by atoms with Gasteiger partial charge < -0.3 is 15.3 Å². The molecule has 1 aromatic heterocycles. The SMILES string of the molecule is NC(Cc1ccccc1-c1ncco1)C(=O)O. The summed E-state index contributed by atoms with van der Waals surface area (Å²) in [6.07, 6.45) is 3.26. The molecule has 0 aliphatic rings. The molecule has 0 amide bonds. The van der Waals surface area contributed by atoms with Crippen LogP contribution in [0.15, 0.2) is 41.1 Å². The summed E-state index contributed by atoms with van der Waals surface area (Å²) in [5, 5.41) is 8.80. The number of oxazole rings is 1. The second-order valence-corrected chi connectivity index (χ2v) is 3.64. The van der Waals surface area contributed by atoms with Crippen LogP contribution >= 0.6 is 0 Å². The maximum atomic E-state index is 10.7. The van der Waals surface area contributed by atoms with Crippen LogP contribution in [-0.2, 0) is 11.2 Å². The van der Waals surface area contributed by atoms with Gasteiger partial charge in [-0.25, -0.2) is 4.98 Å². The summed E-state index contributed by atoms with van der Waals surface area (Å²) in [6, 6.07) is 6.40. The van der Waals surface area contributed by atoms with E-state index in [1.54, 1.807) is 6.20 Å². The zero-order valence-corrected chi connectivity index (χ0v) is 9.04. The van der Waals surface area contributed by atoms with E-state index in [1.807, 2.05) is 24.3 Å². The summed E-state index contributed by atoms with van der Waals surface area (Å²) >= 11 is 0. The third-order valence-corrected chi connectivity index (χ3v) is 2.44. The van der Waals surface area contributed by atoms with E-state index in [-0.39, 0.29) is 6.42 Å². The summed E-state index contributed by atoms with van der Waals surface area (Å²) in [4.78, 5) is 14.8. The predicted molar refractivity (Wildman–Crippen MR) is 61.3 cm³/mol. The summed E-state index contributed by atoms with van der Waals surface area (Å²) < 4.78 is 5.20. The van der Waals surface area contributed by atoms with Gasteiger partial charge in [0.25, 0.3) is 0 Å². The fourth-order valence-corrected chi connectivity index (χ4v) is 1.59. The molecule has 0 aliphatic carbocycles. The van der Waals surface area contributed by atoms with Crippen LogP contribution in [0.3, 0.4) is 0 Å². The number of benzene rings is 1. The number of aliphatic carboxylic acids is 1. The molecule has 0 saturated carbocycles. The van der Waals surface area contributed by atoms with Crippen molar-refractivity contribution in [2.45, 2.75) is 12.5 Å². The first kappa shape index (κ1) is 11.3. The number of aromatic nitrogens is 1. The molecule has 0 saturated heterocycles. The van der Waals surface area contributed by atoms with Crippen LogP contribution in [-0.4, -0.2) is 22.1 Å². The topological polar surface area (TPSA) is 89.4 Å². The Morgan fingerprint density at radius 2 is 2.24 bits per heavy atom. The summed E-state index contributed by atoms with van der Waals surface area (Å²) in [6.45, 7) is 0. The van der Waals surface area contributed by atoms with Crippen molar-refractivity contribution >= 4 is 5.97 Å². The molecule has 0 fully saturated rings. The molecule has 17 heavy (non-hydrogen) atoms. The molecule has 1 aromatic carbocycles. The molecule has 0 spiro atoms. The normalized spacial score (nSPS) is 12.3. The number of hydrogen-bond donors (Lipinski definition) is 2. The van der Waals surface area contributed by atoms with Crippen molar-refractivity contribution in [2.24, 2.45) is 5.73 Å². The largest absolute Gasteiger partial charge is 0.480 e. The van der Waals surface area contributed by atoms with Crippen LogP contribution in [0.5, 0.6) is 0 Å². The number of carbonyl (C=O) groups is 1. The molecule has 1 atom stereocenters. The molecule has 0 radical (unpaired) electrons. The molecule has 88 valence electrons. The van der Waals surface area contributed by atoms with Crippen molar-refractivity contribution < 1.29 is 14.3 Å². The van der Waals surface area contributed by atoms with E-state index in [9.17, 15) is 4.79 Å². The van der Waals surface area contributed by atoms with Crippen LogP contribution in [0.1, 0.15) is 5.56 Å². The zero-order valence-electron chi connectivity index (χ0n) is 9.04. The minimum Gasteiger partial charge on any atom is -0.480 e. The first-order valence-corrected chi connectivity index (χ1v) is 5.14. The summed E-state index contributed by atoms with van der Waals surface area (Å²) in [5.74, 6) is -0.551. The number of hydrogen-bond acceptors (Lipinski definition) is 4. The molecule has 5 nitrogen and oxygen atoms in total. The van der Waals surface area contributed by atoms with Crippen molar-refractivity contribution in [2.75, 3.05) is 0 Å². The molecule has 2 aromatic rings. The smallest absolute Gasteiger partial charge is 0.320 e. The molecule has 2 rings (SSSR count). The fourth-order valence-electron chi connectivity index (χ4n) is 1.59. The highest BCUT2D eigenvalue weighted by Gasteiger charge is 2.16. The van der Waals surface area contributed by atoms with Crippen LogP contribution in [0.4, 0.5) is 0 Å². The van der Waals surface area contributed by atoms with Gasteiger partial charge in [0.15, 0.2) is 0 Å². The zero-order chi connectivity index (χ0) is 12.3. The molecule has 5 heteroatoms. The molecule has 0 aliphatic heterocycles. The number of rotatable bonds is 4. The van der Waals surface area contributed by atoms with Gasteiger partial charge >= 0.3 is 5.97 Å². The minimum absolute atomic E-state index is 0.244.